The Bertz CT molecular complexity index is 1650. The molecule has 0 aliphatic heterocycles. The number of rotatable bonds is 59. The van der Waals surface area contributed by atoms with Gasteiger partial charge in [-0.15, -0.1) is 0 Å². The molecule has 0 aliphatic carbocycles. The van der Waals surface area contributed by atoms with Crippen LogP contribution in [0, 0.1) is 0 Å². The number of nitrogens with zero attached hydrogens (tertiary/aromatic N) is 1. The largest absolute Gasteiger partial charge is 0.756 e. The van der Waals surface area contributed by atoms with Gasteiger partial charge in [-0.05, 0) is 83.5 Å². The minimum absolute atomic E-state index is 0.00944. The summed E-state index contributed by atoms with van der Waals surface area (Å²) < 4.78 is 23.4. The van der Waals surface area contributed by atoms with Crippen LogP contribution < -0.4 is 10.2 Å². The van der Waals surface area contributed by atoms with Crippen molar-refractivity contribution >= 4 is 13.7 Å². The maximum Gasteiger partial charge on any atom is 0.268 e. The number of quaternary nitrogens is 1. The van der Waals surface area contributed by atoms with Gasteiger partial charge in [-0.25, -0.2) is 0 Å². The Labute approximate surface area is 489 Å². The Hall–Kier alpha value is -2.84. The van der Waals surface area contributed by atoms with E-state index >= 15 is 0 Å². The van der Waals surface area contributed by atoms with Crippen LogP contribution in [0.4, 0.5) is 0 Å². The summed E-state index contributed by atoms with van der Waals surface area (Å²) in [6, 6.07) is -0.904. The summed E-state index contributed by atoms with van der Waals surface area (Å²) >= 11 is 0. The molecule has 0 aromatic carbocycles. The van der Waals surface area contributed by atoms with Crippen LogP contribution in [0.1, 0.15) is 277 Å². The molecule has 2 N–H and O–H groups in total. The smallest absolute Gasteiger partial charge is 0.268 e. The zero-order valence-corrected chi connectivity index (χ0v) is 52.9. The van der Waals surface area contributed by atoms with Crippen molar-refractivity contribution in [2.75, 3.05) is 40.9 Å². The lowest BCUT2D eigenvalue weighted by Gasteiger charge is -2.29. The van der Waals surface area contributed by atoms with Gasteiger partial charge < -0.3 is 28.8 Å². The molecule has 0 rings (SSSR count). The number of allylic oxidation sites excluding steroid dienone is 17. The van der Waals surface area contributed by atoms with E-state index in [2.05, 4.69) is 116 Å². The zero-order valence-electron chi connectivity index (χ0n) is 52.0. The number of aliphatic hydroxyl groups is 1. The van der Waals surface area contributed by atoms with Gasteiger partial charge in [0.1, 0.15) is 13.2 Å². The fraction of sp³-hybridized carbons (Fsp3) is 0.729. The van der Waals surface area contributed by atoms with E-state index in [9.17, 15) is 19.4 Å². The quantitative estimate of drug-likeness (QED) is 0.0272. The van der Waals surface area contributed by atoms with Crippen LogP contribution in [0.15, 0.2) is 109 Å². The molecule has 9 heteroatoms. The fourth-order valence-electron chi connectivity index (χ4n) is 9.17. The van der Waals surface area contributed by atoms with Gasteiger partial charge >= 0.3 is 0 Å². The van der Waals surface area contributed by atoms with Gasteiger partial charge in [0.05, 0.1) is 39.9 Å². The Morgan fingerprint density at radius 2 is 0.772 bits per heavy atom. The molecule has 0 aromatic heterocycles. The van der Waals surface area contributed by atoms with Gasteiger partial charge in [-0.1, -0.05) is 297 Å². The number of hydrogen-bond donors (Lipinski definition) is 2. The normalized spacial score (nSPS) is 14.5. The molecule has 0 aliphatic rings. The number of unbranched alkanes of at least 4 members (excludes halogenated alkanes) is 30. The third kappa shape index (κ3) is 62.6. The summed E-state index contributed by atoms with van der Waals surface area (Å²) in [4.78, 5) is 25.6. The van der Waals surface area contributed by atoms with Crippen LogP contribution in [-0.4, -0.2) is 68.5 Å². The topological polar surface area (TPSA) is 108 Å². The molecule has 0 aromatic rings. The molecule has 8 nitrogen and oxygen atoms in total. The minimum Gasteiger partial charge on any atom is -0.756 e. The highest BCUT2D eigenvalue weighted by molar-refractivity contribution is 7.45. The third-order valence-corrected chi connectivity index (χ3v) is 15.2. The predicted molar refractivity (Wildman–Crippen MR) is 343 cm³/mol. The van der Waals surface area contributed by atoms with Crippen molar-refractivity contribution in [3.8, 4) is 0 Å². The molecule has 456 valence electrons. The first-order valence-electron chi connectivity index (χ1n) is 32.7. The first-order valence-corrected chi connectivity index (χ1v) is 34.2. The highest BCUT2D eigenvalue weighted by Gasteiger charge is 2.23. The average Bonchev–Trinajstić information content (AvgIpc) is 3.42. The van der Waals surface area contributed by atoms with E-state index in [-0.39, 0.29) is 12.5 Å². The van der Waals surface area contributed by atoms with Crippen molar-refractivity contribution in [1.82, 2.24) is 5.32 Å². The molecule has 0 spiro atoms. The summed E-state index contributed by atoms with van der Waals surface area (Å²) in [6.45, 7) is 4.54. The second-order valence-electron chi connectivity index (χ2n) is 23.1. The minimum atomic E-state index is -4.61. The van der Waals surface area contributed by atoms with E-state index in [1.807, 2.05) is 27.2 Å². The van der Waals surface area contributed by atoms with Crippen molar-refractivity contribution < 1.29 is 32.9 Å². The van der Waals surface area contributed by atoms with E-state index in [4.69, 9.17) is 9.05 Å². The number of phosphoric ester groups is 1. The van der Waals surface area contributed by atoms with Crippen molar-refractivity contribution in [3.63, 3.8) is 0 Å². The molecule has 0 radical (unpaired) electrons. The van der Waals surface area contributed by atoms with Crippen LogP contribution in [0.25, 0.3) is 0 Å². The van der Waals surface area contributed by atoms with Crippen molar-refractivity contribution in [1.29, 1.82) is 0 Å². The van der Waals surface area contributed by atoms with E-state index in [1.165, 1.54) is 148 Å². The first kappa shape index (κ1) is 76.2. The molecular formula is C70H125N2O6P. The van der Waals surface area contributed by atoms with Crippen LogP contribution >= 0.6 is 7.82 Å². The second-order valence-corrected chi connectivity index (χ2v) is 24.5. The van der Waals surface area contributed by atoms with Gasteiger partial charge in [0.2, 0.25) is 5.91 Å². The number of phosphoric acid groups is 1. The number of amides is 1. The molecular weight excluding hydrogens is 996 g/mol. The van der Waals surface area contributed by atoms with Crippen LogP contribution in [0.3, 0.4) is 0 Å². The summed E-state index contributed by atoms with van der Waals surface area (Å²) in [7, 11) is 1.24. The molecule has 0 saturated heterocycles. The number of aliphatic hydroxyl groups excluding tert-OH is 1. The Morgan fingerprint density at radius 3 is 1.13 bits per heavy atom. The second kappa shape index (κ2) is 59.8. The zero-order chi connectivity index (χ0) is 57.7. The van der Waals surface area contributed by atoms with Gasteiger partial charge in [-0.2, -0.15) is 0 Å². The molecule has 0 heterocycles. The number of carbonyl (C=O) groups excluding carboxylic acids is 1. The van der Waals surface area contributed by atoms with Gasteiger partial charge in [0, 0.05) is 6.42 Å². The summed E-state index contributed by atoms with van der Waals surface area (Å²) in [5, 5.41) is 13.9. The first-order chi connectivity index (χ1) is 38.5. The average molecular weight is 1120 g/mol. The maximum atomic E-state index is 13.0. The lowest BCUT2D eigenvalue weighted by Crippen LogP contribution is -2.45. The Kier molecular flexibility index (Phi) is 57.6. The number of carbonyl (C=O) groups is 1. The van der Waals surface area contributed by atoms with Crippen molar-refractivity contribution in [2.24, 2.45) is 0 Å². The highest BCUT2D eigenvalue weighted by atomic mass is 31.2. The monoisotopic (exact) mass is 1120 g/mol. The maximum absolute atomic E-state index is 13.0. The Balaban J connectivity index is 4.22. The lowest BCUT2D eigenvalue weighted by atomic mass is 10.0. The van der Waals surface area contributed by atoms with E-state index in [0.29, 0.717) is 17.4 Å². The molecule has 3 atom stereocenters. The van der Waals surface area contributed by atoms with Crippen LogP contribution in [0.5, 0.6) is 0 Å². The predicted octanol–water partition coefficient (Wildman–Crippen LogP) is 20.1. The third-order valence-electron chi connectivity index (χ3n) is 14.2. The highest BCUT2D eigenvalue weighted by Crippen LogP contribution is 2.38. The molecule has 0 bridgehead atoms. The van der Waals surface area contributed by atoms with Gasteiger partial charge in [0.25, 0.3) is 7.82 Å². The summed E-state index contributed by atoms with van der Waals surface area (Å²) in [5.41, 5.74) is 0. The summed E-state index contributed by atoms with van der Waals surface area (Å²) in [6.07, 6.45) is 87.5. The number of hydrogen-bond acceptors (Lipinski definition) is 6. The molecule has 1 amide bonds. The SMILES string of the molecule is CC/C=C\C/C=C\C/C=C\C/C=C\C/C=C\C/C=C\C/C=C\C/C=C\CCCCCCCCC(=O)NC(COP(=O)([O-])OCC[N+](C)(C)C)C(O)/C=C/CCCCCCCCCCCCCCCCCCCCCCCCCC. The van der Waals surface area contributed by atoms with Gasteiger partial charge in [0.15, 0.2) is 0 Å². The van der Waals surface area contributed by atoms with Crippen molar-refractivity contribution in [3.05, 3.63) is 109 Å². The van der Waals surface area contributed by atoms with Crippen LogP contribution in [-0.2, 0) is 18.4 Å². The number of nitrogens with one attached hydrogen (secondary N) is 1. The molecule has 0 saturated carbocycles. The molecule has 79 heavy (non-hydrogen) atoms. The van der Waals surface area contributed by atoms with E-state index in [1.54, 1.807) is 6.08 Å². The molecule has 0 fully saturated rings. The lowest BCUT2D eigenvalue weighted by molar-refractivity contribution is -0.870. The van der Waals surface area contributed by atoms with E-state index in [0.717, 1.165) is 109 Å². The molecule has 3 unspecified atom stereocenters. The van der Waals surface area contributed by atoms with Gasteiger partial charge in [-0.3, -0.25) is 9.36 Å². The summed E-state index contributed by atoms with van der Waals surface area (Å²) in [5.74, 6) is -0.214. The van der Waals surface area contributed by atoms with Crippen LogP contribution in [0.2, 0.25) is 0 Å². The number of likely N-dealkylation sites (N-methyl/N-ethyl adjacent to an activating group) is 1. The van der Waals surface area contributed by atoms with E-state index < -0.39 is 26.6 Å². The Morgan fingerprint density at radius 1 is 0.456 bits per heavy atom. The fourth-order valence-corrected chi connectivity index (χ4v) is 9.89. The standard InChI is InChI=1S/C70H125N2O6P/c1-6-8-10-12-14-16-18-20-22-24-26-28-30-32-34-35-36-37-38-40-42-44-46-48-50-52-54-56-58-60-62-64-70(74)71-68(67-78-79(75,76)77-66-65-72(3,4)5)69(73)63-61-59-57-55-53-51-49-47-45-43-41-39-33-31-29-27-25-23-21-19-17-15-13-11-9-7-2/h8,10,14,16,20,22,26,28,32,34,36-37,40,42,46,48,61,63,68-69,73H,6-7,9,11-13,15,17-19,21,23-25,27,29-31,33,35,38-39,41,43-45,47,49-60,62,64-67H2,1-5H3,(H-,71,74,75,76)/b10-8-,16-14-,22-20-,28-26-,34-32-,37-36-,42-40-,48-46-,63-61+. The van der Waals surface area contributed by atoms with Crippen molar-refractivity contribution in [2.45, 2.75) is 289 Å².